The zero-order chi connectivity index (χ0) is 42.8. The minimum atomic E-state index is -0.826. The number of fused-ring (bicyclic) bond motifs is 5. The largest absolute Gasteiger partial charge is 0.184 e. The molecular weight excluding hydrogens is 863 g/mol. The van der Waals surface area contributed by atoms with E-state index in [1.165, 1.54) is 87.6 Å². The third-order valence-corrected chi connectivity index (χ3v) is 12.5. The van der Waals surface area contributed by atoms with Gasteiger partial charge in [-0.2, -0.15) is 41.6 Å². The van der Waals surface area contributed by atoms with Gasteiger partial charge in [0.1, 0.15) is 0 Å². The molecule has 0 atom stereocenters. The van der Waals surface area contributed by atoms with Crippen LogP contribution < -0.4 is 10.4 Å². The molecular formula is C56H57Cl2SiZr-3. The number of halogens is 2. The van der Waals surface area contributed by atoms with E-state index in [0.717, 1.165) is 22.4 Å². The Morgan fingerprint density at radius 2 is 0.917 bits per heavy atom. The Kier molecular flexibility index (Phi) is 16.6. The first-order valence-corrected chi connectivity index (χ1v) is 28.7. The molecule has 0 N–H and O–H groups in total. The Labute approximate surface area is 381 Å². The molecule has 0 fully saturated rings. The van der Waals surface area contributed by atoms with Crippen molar-refractivity contribution in [3.05, 3.63) is 180 Å². The first-order valence-electron chi connectivity index (χ1n) is 21.4. The van der Waals surface area contributed by atoms with E-state index in [4.69, 9.17) is 17.0 Å². The molecule has 60 heavy (non-hydrogen) atoms. The van der Waals surface area contributed by atoms with E-state index in [2.05, 4.69) is 207 Å². The van der Waals surface area contributed by atoms with Crippen LogP contribution in [0.3, 0.4) is 0 Å². The maximum absolute atomic E-state index is 4.93. The van der Waals surface area contributed by atoms with Gasteiger partial charge in [0, 0.05) is 0 Å². The summed E-state index contributed by atoms with van der Waals surface area (Å²) in [5.41, 5.74) is 14.1. The Morgan fingerprint density at radius 1 is 0.500 bits per heavy atom. The molecule has 0 unspecified atom stereocenters. The average Bonchev–Trinajstić information content (AvgIpc) is 3.98. The maximum atomic E-state index is 4.93. The molecule has 0 bridgehead atoms. The van der Waals surface area contributed by atoms with Crippen molar-refractivity contribution in [2.24, 2.45) is 11.8 Å². The van der Waals surface area contributed by atoms with E-state index in [0.29, 0.717) is 23.7 Å². The summed E-state index contributed by atoms with van der Waals surface area (Å²) in [6.07, 6.45) is 2.26. The van der Waals surface area contributed by atoms with Crippen LogP contribution in [0.25, 0.3) is 54.9 Å². The Bertz CT molecular complexity index is 2430. The fraction of sp³-hybridized carbons (Fsp3) is 0.250. The Morgan fingerprint density at radius 3 is 1.38 bits per heavy atom. The normalized spacial score (nSPS) is 11.5. The van der Waals surface area contributed by atoms with Gasteiger partial charge in [0.05, 0.1) is 9.52 Å². The van der Waals surface area contributed by atoms with E-state index < -0.39 is 20.8 Å². The van der Waals surface area contributed by atoms with E-state index in [-0.39, 0.29) is 0 Å². The van der Waals surface area contributed by atoms with Gasteiger partial charge in [-0.25, -0.2) is 0 Å². The van der Waals surface area contributed by atoms with Crippen molar-refractivity contribution in [3.63, 3.8) is 0 Å². The van der Waals surface area contributed by atoms with Crippen LogP contribution in [0.15, 0.2) is 152 Å². The first kappa shape index (κ1) is 45.7. The predicted molar refractivity (Wildman–Crippen MR) is 263 cm³/mol. The van der Waals surface area contributed by atoms with Gasteiger partial charge in [0.15, 0.2) is 0 Å². The second kappa shape index (κ2) is 21.8. The molecule has 306 valence electrons. The minimum Gasteiger partial charge on any atom is -0.184 e. The summed E-state index contributed by atoms with van der Waals surface area (Å²) < 4.78 is 0. The van der Waals surface area contributed by atoms with Crippen molar-refractivity contribution in [3.8, 4) is 33.4 Å². The fourth-order valence-electron chi connectivity index (χ4n) is 8.18. The third kappa shape index (κ3) is 11.4. The molecule has 1 heterocycles. The molecule has 4 heteroatoms. The van der Waals surface area contributed by atoms with E-state index in [1.54, 1.807) is 0 Å². The summed E-state index contributed by atoms with van der Waals surface area (Å²) in [6, 6.07) is 58.7. The standard InChI is InChI=1S/2C22H25.C12H7Si.2ClH.Zr/c2*1-15(2)12-17-8-5-6-10-20(17)21-11-7-9-18-13-19(16(3)4)14-22(18)21;1-3-7-11-9(5-1)10-6-2-4-8-12(10)13-11;;;/h2*5-11,13-16H,12H2,1-4H3;1-7H;2*1H;/q3*-1;;;+2/p-2. The summed E-state index contributed by atoms with van der Waals surface area (Å²) in [4.78, 5) is 0. The van der Waals surface area contributed by atoms with Crippen molar-refractivity contribution in [1.82, 2.24) is 0 Å². The first-order chi connectivity index (χ1) is 29.0. The molecule has 0 amide bonds. The smallest absolute Gasteiger partial charge is 0.0920 e. The second-order valence-electron chi connectivity index (χ2n) is 17.2. The van der Waals surface area contributed by atoms with Gasteiger partial charge >= 0.3 is 37.9 Å². The molecule has 0 saturated carbocycles. The number of rotatable bonds is 8. The van der Waals surface area contributed by atoms with Crippen molar-refractivity contribution in [2.75, 3.05) is 0 Å². The molecule has 0 aromatic heterocycles. The summed E-state index contributed by atoms with van der Waals surface area (Å²) in [7, 11) is 10.7. The zero-order valence-corrected chi connectivity index (χ0v) is 41.4. The minimum absolute atomic E-state index is 0.575. The molecule has 8 aromatic rings. The van der Waals surface area contributed by atoms with Gasteiger partial charge in [-0.3, -0.25) is 0 Å². The number of hydrogen-bond donors (Lipinski definition) is 0. The van der Waals surface area contributed by atoms with Gasteiger partial charge < -0.3 is 0 Å². The van der Waals surface area contributed by atoms with Crippen LogP contribution >= 0.6 is 17.0 Å². The Hall–Kier alpha value is -3.78. The summed E-state index contributed by atoms with van der Waals surface area (Å²) in [6.45, 7) is 18.2. The van der Waals surface area contributed by atoms with E-state index in [9.17, 15) is 0 Å². The number of benzene rings is 6. The van der Waals surface area contributed by atoms with Crippen molar-refractivity contribution < 1.29 is 20.8 Å². The molecule has 9 rings (SSSR count). The summed E-state index contributed by atoms with van der Waals surface area (Å²) in [5.74, 6) is 2.50. The number of hydrogen-bond acceptors (Lipinski definition) is 0. The van der Waals surface area contributed by atoms with Crippen molar-refractivity contribution >= 4 is 58.5 Å². The van der Waals surface area contributed by atoms with Crippen LogP contribution in [-0.2, 0) is 33.7 Å². The summed E-state index contributed by atoms with van der Waals surface area (Å²) in [5, 5.41) is 8.33. The Balaban J connectivity index is 0.000000150. The molecule has 2 radical (unpaired) electrons. The van der Waals surface area contributed by atoms with Gasteiger partial charge in [0.2, 0.25) is 0 Å². The molecule has 1 aliphatic rings. The molecule has 0 spiro atoms. The van der Waals surface area contributed by atoms with Crippen LogP contribution in [0.1, 0.15) is 89.5 Å². The topological polar surface area (TPSA) is 0 Å². The summed E-state index contributed by atoms with van der Waals surface area (Å²) >= 11 is -0.826. The van der Waals surface area contributed by atoms with Crippen molar-refractivity contribution in [1.29, 1.82) is 0 Å². The van der Waals surface area contributed by atoms with E-state index in [1.807, 2.05) is 6.07 Å². The molecule has 0 nitrogen and oxygen atoms in total. The second-order valence-corrected chi connectivity index (χ2v) is 22.2. The molecule has 0 saturated heterocycles. The van der Waals surface area contributed by atoms with Crippen LogP contribution in [0.2, 0.25) is 0 Å². The zero-order valence-electron chi connectivity index (χ0n) is 36.4. The van der Waals surface area contributed by atoms with Crippen LogP contribution in [-0.4, -0.2) is 9.52 Å². The van der Waals surface area contributed by atoms with Crippen LogP contribution in [0.5, 0.6) is 0 Å². The van der Waals surface area contributed by atoms with Gasteiger partial charge in [-0.15, -0.1) is 74.6 Å². The maximum Gasteiger partial charge on any atom is 0.0920 e. The fourth-order valence-corrected chi connectivity index (χ4v) is 9.49. The van der Waals surface area contributed by atoms with Crippen LogP contribution in [0, 0.1) is 17.9 Å². The predicted octanol–water partition coefficient (Wildman–Crippen LogP) is 15.6. The quantitative estimate of drug-likeness (QED) is 0.105. The monoisotopic (exact) mass is 917 g/mol. The third-order valence-electron chi connectivity index (χ3n) is 11.1. The average molecular weight is 920 g/mol. The van der Waals surface area contributed by atoms with Gasteiger partial charge in [-0.1, -0.05) is 162 Å². The SMILES string of the molecule is CC(C)Cc1ccccc1-c1cccc2[cH-]c(C(C)C)cc12.CC(C)Cc1ccccc1-c1cccc2[cH-]c(C(C)C)cc12.[Cl][Zr][Cl].[c-]1cccc2c1[Si]c1ccccc1-2. The van der Waals surface area contributed by atoms with E-state index >= 15 is 0 Å². The molecule has 1 aliphatic heterocycles. The molecule has 0 aliphatic carbocycles. The van der Waals surface area contributed by atoms with Crippen molar-refractivity contribution in [2.45, 2.75) is 80.1 Å². The van der Waals surface area contributed by atoms with Gasteiger partial charge in [0.25, 0.3) is 0 Å². The van der Waals surface area contributed by atoms with Gasteiger partial charge in [-0.05, 0) is 58.8 Å². The molecule has 8 aromatic carbocycles. The van der Waals surface area contributed by atoms with Crippen LogP contribution in [0.4, 0.5) is 0 Å².